The molecule has 33 heavy (non-hydrogen) atoms. The summed E-state index contributed by atoms with van der Waals surface area (Å²) in [5, 5.41) is 2.52. The summed E-state index contributed by atoms with van der Waals surface area (Å²) in [5.74, 6) is -0.485. The van der Waals surface area contributed by atoms with Gasteiger partial charge >= 0.3 is 6.03 Å². The first-order chi connectivity index (χ1) is 16.0. The fourth-order valence-corrected chi connectivity index (χ4v) is 3.49. The number of urea groups is 1. The largest absolute Gasteiger partial charge is 0.497 e. The Hall–Kier alpha value is -4.10. The summed E-state index contributed by atoms with van der Waals surface area (Å²) in [6.45, 7) is 0.348. The molecule has 1 fully saturated rings. The lowest BCUT2D eigenvalue weighted by atomic mass is 10.1. The molecule has 4 rings (SSSR count). The first-order valence-electron chi connectivity index (χ1n) is 9.98. The third kappa shape index (κ3) is 4.88. The molecule has 166 valence electrons. The molecule has 0 unspecified atom stereocenters. The van der Waals surface area contributed by atoms with Crippen molar-refractivity contribution in [3.05, 3.63) is 94.5 Å². The zero-order valence-corrected chi connectivity index (χ0v) is 18.3. The summed E-state index contributed by atoms with van der Waals surface area (Å²) in [4.78, 5) is 38.6. The van der Waals surface area contributed by atoms with Crippen LogP contribution in [0.15, 0.2) is 78.4 Å². The second-order valence-corrected chi connectivity index (χ2v) is 7.53. The molecule has 4 amide bonds. The Morgan fingerprint density at radius 3 is 2.36 bits per heavy atom. The number of ether oxygens (including phenoxy) is 2. The van der Waals surface area contributed by atoms with Crippen molar-refractivity contribution < 1.29 is 23.9 Å². The predicted molar refractivity (Wildman–Crippen MR) is 124 cm³/mol. The maximum atomic E-state index is 13.0. The van der Waals surface area contributed by atoms with Gasteiger partial charge in [-0.25, -0.2) is 9.69 Å². The summed E-state index contributed by atoms with van der Waals surface area (Å²) in [6, 6.07) is 20.1. The molecular formula is C25H19ClN2O5. The second kappa shape index (κ2) is 9.58. The SMILES string of the molecule is COc1ccc(N2C(=O)NC(=O)/C(=C\c3ccc(OCc4ccccc4)c(Cl)c3)C2=O)cc1. The van der Waals surface area contributed by atoms with Crippen LogP contribution in [0.2, 0.25) is 5.02 Å². The van der Waals surface area contributed by atoms with Crippen LogP contribution in [0.25, 0.3) is 6.08 Å². The van der Waals surface area contributed by atoms with Crippen molar-refractivity contribution in [2.45, 2.75) is 6.61 Å². The number of benzene rings is 3. The van der Waals surface area contributed by atoms with Crippen molar-refractivity contribution >= 4 is 41.2 Å². The molecule has 1 N–H and O–H groups in total. The van der Waals surface area contributed by atoms with Crippen molar-refractivity contribution in [1.29, 1.82) is 0 Å². The fourth-order valence-electron chi connectivity index (χ4n) is 3.25. The Kier molecular flexibility index (Phi) is 6.42. The molecule has 0 aliphatic carbocycles. The number of hydrogen-bond acceptors (Lipinski definition) is 5. The van der Waals surface area contributed by atoms with Gasteiger partial charge < -0.3 is 9.47 Å². The fraction of sp³-hybridized carbons (Fsp3) is 0.0800. The smallest absolute Gasteiger partial charge is 0.335 e. The maximum absolute atomic E-state index is 13.0. The number of hydrogen-bond donors (Lipinski definition) is 1. The van der Waals surface area contributed by atoms with Crippen LogP contribution >= 0.6 is 11.6 Å². The van der Waals surface area contributed by atoms with Gasteiger partial charge in [0.2, 0.25) is 0 Å². The van der Waals surface area contributed by atoms with Gasteiger partial charge in [0.1, 0.15) is 23.7 Å². The van der Waals surface area contributed by atoms with Gasteiger partial charge in [-0.1, -0.05) is 48.0 Å². The molecule has 7 nitrogen and oxygen atoms in total. The Bertz CT molecular complexity index is 1240. The van der Waals surface area contributed by atoms with E-state index in [9.17, 15) is 14.4 Å². The minimum absolute atomic E-state index is 0.195. The molecule has 0 radical (unpaired) electrons. The average molecular weight is 463 g/mol. The van der Waals surface area contributed by atoms with Gasteiger partial charge in [-0.05, 0) is 53.6 Å². The van der Waals surface area contributed by atoms with E-state index in [1.54, 1.807) is 42.5 Å². The number of carbonyl (C=O) groups is 3. The summed E-state index contributed by atoms with van der Waals surface area (Å²) >= 11 is 6.35. The monoisotopic (exact) mass is 462 g/mol. The minimum atomic E-state index is -0.824. The van der Waals surface area contributed by atoms with E-state index in [-0.39, 0.29) is 5.57 Å². The molecule has 1 aliphatic rings. The number of nitrogens with one attached hydrogen (secondary N) is 1. The first-order valence-corrected chi connectivity index (χ1v) is 10.4. The Labute approximate surface area is 195 Å². The maximum Gasteiger partial charge on any atom is 0.335 e. The lowest BCUT2D eigenvalue weighted by Gasteiger charge is -2.26. The Morgan fingerprint density at radius 1 is 0.970 bits per heavy atom. The van der Waals surface area contributed by atoms with Crippen LogP contribution in [0, 0.1) is 0 Å². The van der Waals surface area contributed by atoms with Crippen LogP contribution < -0.4 is 19.7 Å². The Morgan fingerprint density at radius 2 is 1.70 bits per heavy atom. The zero-order valence-electron chi connectivity index (χ0n) is 17.6. The highest BCUT2D eigenvalue weighted by Gasteiger charge is 2.36. The highest BCUT2D eigenvalue weighted by molar-refractivity contribution is 6.39. The van der Waals surface area contributed by atoms with Gasteiger partial charge in [0.25, 0.3) is 11.8 Å². The zero-order chi connectivity index (χ0) is 23.4. The van der Waals surface area contributed by atoms with Crippen LogP contribution in [0.4, 0.5) is 10.5 Å². The highest BCUT2D eigenvalue weighted by Crippen LogP contribution is 2.29. The number of nitrogens with zero attached hydrogens (tertiary/aromatic N) is 1. The Balaban J connectivity index is 1.56. The number of barbiturate groups is 1. The molecular weight excluding hydrogens is 444 g/mol. The molecule has 0 atom stereocenters. The molecule has 8 heteroatoms. The minimum Gasteiger partial charge on any atom is -0.497 e. The van der Waals surface area contributed by atoms with Gasteiger partial charge in [-0.15, -0.1) is 0 Å². The highest BCUT2D eigenvalue weighted by atomic mass is 35.5. The number of amides is 4. The first kappa shape index (κ1) is 22.1. The van der Waals surface area contributed by atoms with Crippen molar-refractivity contribution in [2.24, 2.45) is 0 Å². The molecule has 0 aromatic heterocycles. The van der Waals surface area contributed by atoms with E-state index in [0.29, 0.717) is 34.4 Å². The van der Waals surface area contributed by atoms with Crippen LogP contribution in [0.5, 0.6) is 11.5 Å². The molecule has 3 aromatic rings. The normalized spacial score (nSPS) is 14.9. The summed E-state index contributed by atoms with van der Waals surface area (Å²) in [6.07, 6.45) is 1.38. The van der Waals surface area contributed by atoms with Crippen molar-refractivity contribution in [1.82, 2.24) is 5.32 Å². The molecule has 0 bridgehead atoms. The van der Waals surface area contributed by atoms with E-state index in [1.165, 1.54) is 13.2 Å². The standard InChI is InChI=1S/C25H19ClN2O5/c1-32-19-10-8-18(9-11-19)28-24(30)20(23(29)27-25(28)31)13-17-7-12-22(21(26)14-17)33-15-16-5-3-2-4-6-16/h2-14H,15H2,1H3,(H,27,29,31)/b20-13+. The predicted octanol–water partition coefficient (Wildman–Crippen LogP) is 4.59. The van der Waals surface area contributed by atoms with Crippen molar-refractivity contribution in [3.63, 3.8) is 0 Å². The van der Waals surface area contributed by atoms with Crippen LogP contribution in [-0.4, -0.2) is 25.0 Å². The number of carbonyl (C=O) groups excluding carboxylic acids is 3. The molecule has 1 heterocycles. The molecule has 0 spiro atoms. The van der Waals surface area contributed by atoms with E-state index in [1.807, 2.05) is 30.3 Å². The van der Waals surface area contributed by atoms with E-state index in [4.69, 9.17) is 21.1 Å². The van der Waals surface area contributed by atoms with Crippen LogP contribution in [0.3, 0.4) is 0 Å². The van der Waals surface area contributed by atoms with E-state index in [0.717, 1.165) is 10.5 Å². The third-order valence-electron chi connectivity index (χ3n) is 4.94. The molecule has 1 aliphatic heterocycles. The van der Waals surface area contributed by atoms with E-state index >= 15 is 0 Å². The topological polar surface area (TPSA) is 84.9 Å². The van der Waals surface area contributed by atoms with Gasteiger partial charge in [-0.3, -0.25) is 14.9 Å². The lowest BCUT2D eigenvalue weighted by molar-refractivity contribution is -0.122. The van der Waals surface area contributed by atoms with Crippen molar-refractivity contribution in [3.8, 4) is 11.5 Å². The van der Waals surface area contributed by atoms with E-state index < -0.39 is 17.8 Å². The van der Waals surface area contributed by atoms with Crippen LogP contribution in [-0.2, 0) is 16.2 Å². The average Bonchev–Trinajstić information content (AvgIpc) is 2.82. The summed E-state index contributed by atoms with van der Waals surface area (Å²) in [7, 11) is 1.51. The number of halogens is 1. The lowest BCUT2D eigenvalue weighted by Crippen LogP contribution is -2.54. The van der Waals surface area contributed by atoms with Gasteiger partial charge in [-0.2, -0.15) is 0 Å². The summed E-state index contributed by atoms with van der Waals surface area (Å²) in [5.41, 5.74) is 1.61. The quantitative estimate of drug-likeness (QED) is 0.427. The van der Waals surface area contributed by atoms with E-state index in [2.05, 4.69) is 5.32 Å². The van der Waals surface area contributed by atoms with Crippen LogP contribution in [0.1, 0.15) is 11.1 Å². The summed E-state index contributed by atoms with van der Waals surface area (Å²) < 4.78 is 10.9. The van der Waals surface area contributed by atoms with Gasteiger partial charge in [0, 0.05) is 0 Å². The van der Waals surface area contributed by atoms with Gasteiger partial charge in [0.05, 0.1) is 17.8 Å². The number of methoxy groups -OCH3 is 1. The molecule has 1 saturated heterocycles. The third-order valence-corrected chi connectivity index (χ3v) is 5.23. The number of rotatable bonds is 6. The number of imide groups is 2. The number of anilines is 1. The van der Waals surface area contributed by atoms with Gasteiger partial charge in [0.15, 0.2) is 0 Å². The molecule has 0 saturated carbocycles. The van der Waals surface area contributed by atoms with Crippen molar-refractivity contribution in [2.75, 3.05) is 12.0 Å². The second-order valence-electron chi connectivity index (χ2n) is 7.12. The molecule has 3 aromatic carbocycles.